The topological polar surface area (TPSA) is 83.4 Å². The van der Waals surface area contributed by atoms with Gasteiger partial charge in [-0.05, 0) is 54.3 Å². The second-order valence-corrected chi connectivity index (χ2v) is 9.23. The van der Waals surface area contributed by atoms with E-state index >= 15 is 0 Å². The Morgan fingerprint density at radius 3 is 2.38 bits per heavy atom. The van der Waals surface area contributed by atoms with E-state index in [0.717, 1.165) is 29.0 Å². The first-order valence-electron chi connectivity index (χ1n) is 11.3. The Morgan fingerprint density at radius 1 is 1.00 bits per heavy atom. The van der Waals surface area contributed by atoms with E-state index in [4.69, 9.17) is 21.4 Å². The number of benzene rings is 2. The zero-order chi connectivity index (χ0) is 23.8. The van der Waals surface area contributed by atoms with E-state index in [9.17, 15) is 9.59 Å². The zero-order valence-electron chi connectivity index (χ0n) is 19.0. The summed E-state index contributed by atoms with van der Waals surface area (Å²) in [6.07, 6.45) is 6.02. The standard InChI is InChI=1S/C26H25ClN4O3/c1-15-13-23(32)28-29-24(15)16-7-10-18(11-8-16)31-26(33)20-6-4-3-5-19(20)25(30-31)17-9-12-22(34-2)21(27)14-17/h3-4,7-12,14-15,19-20H,5-6,13H2,1-2H3,(H,28,32). The summed E-state index contributed by atoms with van der Waals surface area (Å²) in [5.74, 6) is 0.343. The molecule has 0 fully saturated rings. The maximum absolute atomic E-state index is 13.4. The van der Waals surface area contributed by atoms with Crippen LogP contribution in [0.2, 0.25) is 5.02 Å². The second-order valence-electron chi connectivity index (χ2n) is 8.82. The summed E-state index contributed by atoms with van der Waals surface area (Å²) in [4.78, 5) is 25.0. The minimum Gasteiger partial charge on any atom is -0.495 e. The van der Waals surface area contributed by atoms with Gasteiger partial charge in [-0.2, -0.15) is 10.2 Å². The first-order chi connectivity index (χ1) is 16.5. The maximum Gasteiger partial charge on any atom is 0.251 e. The Bertz CT molecular complexity index is 1240. The van der Waals surface area contributed by atoms with Gasteiger partial charge in [-0.25, -0.2) is 10.4 Å². The number of rotatable bonds is 4. The van der Waals surface area contributed by atoms with Gasteiger partial charge in [0.2, 0.25) is 5.91 Å². The fraction of sp³-hybridized carbons (Fsp3) is 0.308. The molecule has 0 bridgehead atoms. The summed E-state index contributed by atoms with van der Waals surface area (Å²) in [5, 5.41) is 11.1. The highest BCUT2D eigenvalue weighted by molar-refractivity contribution is 6.32. The molecule has 8 heteroatoms. The smallest absolute Gasteiger partial charge is 0.251 e. The van der Waals surface area contributed by atoms with Crippen molar-refractivity contribution in [2.45, 2.75) is 26.2 Å². The number of carbonyl (C=O) groups is 2. The largest absolute Gasteiger partial charge is 0.495 e. The van der Waals surface area contributed by atoms with Gasteiger partial charge < -0.3 is 4.74 Å². The monoisotopic (exact) mass is 476 g/mol. The van der Waals surface area contributed by atoms with E-state index in [0.29, 0.717) is 29.3 Å². The molecular formula is C26H25ClN4O3. The summed E-state index contributed by atoms with van der Waals surface area (Å²) in [6.45, 7) is 1.98. The average molecular weight is 477 g/mol. The van der Waals surface area contributed by atoms with Gasteiger partial charge >= 0.3 is 0 Å². The van der Waals surface area contributed by atoms with E-state index in [1.165, 1.54) is 5.01 Å². The molecule has 0 saturated carbocycles. The maximum atomic E-state index is 13.4. The van der Waals surface area contributed by atoms with Crippen molar-refractivity contribution in [3.05, 3.63) is 70.8 Å². The van der Waals surface area contributed by atoms with Crippen molar-refractivity contribution in [1.82, 2.24) is 5.43 Å². The average Bonchev–Trinajstić information content (AvgIpc) is 2.85. The first kappa shape index (κ1) is 22.3. The molecule has 174 valence electrons. The van der Waals surface area contributed by atoms with Crippen LogP contribution in [0.3, 0.4) is 0 Å². The van der Waals surface area contributed by atoms with Gasteiger partial charge in [0.15, 0.2) is 0 Å². The number of hydrogen-bond donors (Lipinski definition) is 1. The molecule has 3 unspecified atom stereocenters. The van der Waals surface area contributed by atoms with Gasteiger partial charge in [0.1, 0.15) is 5.75 Å². The van der Waals surface area contributed by atoms with Crippen molar-refractivity contribution < 1.29 is 14.3 Å². The summed E-state index contributed by atoms with van der Waals surface area (Å²) < 4.78 is 5.30. The number of hydrogen-bond acceptors (Lipinski definition) is 5. The molecule has 5 rings (SSSR count). The Balaban J connectivity index is 1.51. The van der Waals surface area contributed by atoms with Gasteiger partial charge in [0.25, 0.3) is 5.91 Å². The molecule has 1 N–H and O–H groups in total. The van der Waals surface area contributed by atoms with E-state index in [-0.39, 0.29) is 29.6 Å². The molecule has 2 aromatic rings. The van der Waals surface area contributed by atoms with E-state index in [1.54, 1.807) is 7.11 Å². The molecule has 0 aromatic heterocycles. The molecule has 0 spiro atoms. The third-order valence-corrected chi connectivity index (χ3v) is 6.93. The highest BCUT2D eigenvalue weighted by atomic mass is 35.5. The number of nitrogens with zero attached hydrogens (tertiary/aromatic N) is 3. The van der Waals surface area contributed by atoms with Gasteiger partial charge in [-0.15, -0.1) is 0 Å². The molecule has 3 aliphatic rings. The number of allylic oxidation sites excluding steroid dienone is 2. The zero-order valence-corrected chi connectivity index (χ0v) is 19.7. The Hall–Kier alpha value is -3.45. The van der Waals surface area contributed by atoms with Crippen molar-refractivity contribution in [3.8, 4) is 5.75 Å². The van der Waals surface area contributed by atoms with Crippen LogP contribution in [0.4, 0.5) is 5.69 Å². The van der Waals surface area contributed by atoms with Gasteiger partial charge in [0.05, 0.1) is 35.2 Å². The van der Waals surface area contributed by atoms with Gasteiger partial charge in [0, 0.05) is 18.3 Å². The van der Waals surface area contributed by atoms with Gasteiger partial charge in [-0.3, -0.25) is 9.59 Å². The number of halogens is 1. The van der Waals surface area contributed by atoms with Crippen molar-refractivity contribution in [2.24, 2.45) is 28.0 Å². The minimum absolute atomic E-state index is 0.00135. The van der Waals surface area contributed by atoms with Crippen LogP contribution < -0.4 is 15.2 Å². The number of amides is 2. The van der Waals surface area contributed by atoms with Gasteiger partial charge in [-0.1, -0.05) is 42.8 Å². The van der Waals surface area contributed by atoms with Crippen LogP contribution in [0, 0.1) is 17.8 Å². The van der Waals surface area contributed by atoms with Crippen LogP contribution in [0.15, 0.2) is 64.8 Å². The molecule has 34 heavy (non-hydrogen) atoms. The number of ether oxygens (including phenoxy) is 1. The summed E-state index contributed by atoms with van der Waals surface area (Å²) >= 11 is 6.41. The number of methoxy groups -OCH3 is 1. The highest BCUT2D eigenvalue weighted by Crippen LogP contribution is 2.38. The molecule has 2 heterocycles. The fourth-order valence-electron chi connectivity index (χ4n) is 4.84. The Morgan fingerprint density at radius 2 is 1.71 bits per heavy atom. The molecule has 7 nitrogen and oxygen atoms in total. The van der Waals surface area contributed by atoms with Crippen LogP contribution >= 0.6 is 11.6 Å². The predicted octanol–water partition coefficient (Wildman–Crippen LogP) is 4.54. The van der Waals surface area contributed by atoms with E-state index < -0.39 is 0 Å². The lowest BCUT2D eigenvalue weighted by Crippen LogP contribution is -2.45. The molecule has 1 aliphatic carbocycles. The molecule has 2 aromatic carbocycles. The summed E-state index contributed by atoms with van der Waals surface area (Å²) in [6, 6.07) is 13.2. The third kappa shape index (κ3) is 4.01. The lowest BCUT2D eigenvalue weighted by atomic mass is 9.76. The quantitative estimate of drug-likeness (QED) is 0.657. The third-order valence-electron chi connectivity index (χ3n) is 6.63. The van der Waals surface area contributed by atoms with Crippen LogP contribution in [0.25, 0.3) is 0 Å². The Labute approximate surface area is 203 Å². The number of anilines is 1. The van der Waals surface area contributed by atoms with Crippen molar-refractivity contribution in [1.29, 1.82) is 0 Å². The molecule has 0 radical (unpaired) electrons. The fourth-order valence-corrected chi connectivity index (χ4v) is 5.09. The number of hydrazone groups is 2. The predicted molar refractivity (Wildman–Crippen MR) is 132 cm³/mol. The number of carbonyl (C=O) groups excluding carboxylic acids is 2. The first-order valence-corrected chi connectivity index (χ1v) is 11.7. The summed E-state index contributed by atoms with van der Waals surface area (Å²) in [5.41, 5.74) is 6.69. The van der Waals surface area contributed by atoms with Crippen molar-refractivity contribution in [3.63, 3.8) is 0 Å². The Kier molecular flexibility index (Phi) is 5.96. The lowest BCUT2D eigenvalue weighted by molar-refractivity contribution is -0.124. The number of nitrogens with one attached hydrogen (secondary N) is 1. The summed E-state index contributed by atoms with van der Waals surface area (Å²) in [7, 11) is 1.58. The molecule has 2 aliphatic heterocycles. The van der Waals surface area contributed by atoms with Crippen LogP contribution in [-0.2, 0) is 9.59 Å². The second kappa shape index (κ2) is 9.06. The lowest BCUT2D eigenvalue weighted by Gasteiger charge is -2.37. The highest BCUT2D eigenvalue weighted by Gasteiger charge is 2.40. The van der Waals surface area contributed by atoms with Crippen LogP contribution in [-0.4, -0.2) is 30.3 Å². The molecule has 2 amide bonds. The van der Waals surface area contributed by atoms with Crippen LogP contribution in [0.1, 0.15) is 37.3 Å². The van der Waals surface area contributed by atoms with Crippen molar-refractivity contribution >= 4 is 40.5 Å². The molecule has 3 atom stereocenters. The molecule has 0 saturated heterocycles. The normalized spacial score (nSPS) is 24.2. The van der Waals surface area contributed by atoms with E-state index in [2.05, 4.69) is 22.7 Å². The van der Waals surface area contributed by atoms with Crippen molar-refractivity contribution in [2.75, 3.05) is 12.1 Å². The van der Waals surface area contributed by atoms with E-state index in [1.807, 2.05) is 49.4 Å². The number of fused-ring (bicyclic) bond motifs is 1. The van der Waals surface area contributed by atoms with Crippen LogP contribution in [0.5, 0.6) is 5.75 Å². The minimum atomic E-state index is -0.184. The SMILES string of the molecule is COc1ccc(C2=NN(c3ccc(C4=NNC(=O)CC4C)cc3)C(=O)C3CC=CCC23)cc1Cl. The molecular weight excluding hydrogens is 452 g/mol.